The van der Waals surface area contributed by atoms with E-state index in [4.69, 9.17) is 19.3 Å². The molecule has 1 heterocycles. The fourth-order valence-electron chi connectivity index (χ4n) is 3.90. The second-order valence-electron chi connectivity index (χ2n) is 8.44. The lowest BCUT2D eigenvalue weighted by Gasteiger charge is -2.27. The fourth-order valence-corrected chi connectivity index (χ4v) is 3.90. The number of unbranched alkanes of at least 4 members (excludes halogenated alkanes) is 3. The number of allylic oxidation sites excluding steroid dienone is 1. The molecular weight excluding hydrogens is 470 g/mol. The molecule has 0 aliphatic carbocycles. The van der Waals surface area contributed by atoms with Crippen molar-refractivity contribution in [1.29, 1.82) is 0 Å². The van der Waals surface area contributed by atoms with Gasteiger partial charge in [-0.15, -0.1) is 0 Å². The third-order valence-corrected chi connectivity index (χ3v) is 5.75. The number of hydrogen-bond donors (Lipinski definition) is 1. The molecule has 1 aromatic rings. The summed E-state index contributed by atoms with van der Waals surface area (Å²) in [6.45, 7) is 2.78. The summed E-state index contributed by atoms with van der Waals surface area (Å²) >= 11 is 0. The molecule has 36 heavy (non-hydrogen) atoms. The summed E-state index contributed by atoms with van der Waals surface area (Å²) in [7, 11) is 1.15. The van der Waals surface area contributed by atoms with E-state index in [0.717, 1.165) is 43.9 Å². The highest BCUT2D eigenvalue weighted by Crippen LogP contribution is 2.33. The van der Waals surface area contributed by atoms with Crippen LogP contribution in [0.2, 0.25) is 0 Å². The van der Waals surface area contributed by atoms with Crippen LogP contribution < -0.4 is 0 Å². The van der Waals surface area contributed by atoms with Crippen LogP contribution in [0.1, 0.15) is 57.6 Å². The standard InChI is InChI=1S/C26H33NO9/c1-17-22(19-11-7-6-8-12-19)36-26(33)27(17)25(32)24(34-3)23(35-18(2)29)21(31)15-14-20(30)13-9-4-5-10-16-28/h6-8,11-12,14-15,17,22-24,28H,4-5,9-10,13,16H2,1-3H3. The molecule has 0 bridgehead atoms. The van der Waals surface area contributed by atoms with Gasteiger partial charge in [0.05, 0.1) is 6.04 Å². The number of imide groups is 1. The molecule has 2 amide bonds. The number of esters is 1. The van der Waals surface area contributed by atoms with E-state index < -0.39 is 48.1 Å². The van der Waals surface area contributed by atoms with Gasteiger partial charge in [0.1, 0.15) is 6.10 Å². The topological polar surface area (TPSA) is 137 Å². The number of rotatable bonds is 14. The zero-order valence-electron chi connectivity index (χ0n) is 20.8. The van der Waals surface area contributed by atoms with Gasteiger partial charge >= 0.3 is 12.1 Å². The molecule has 0 saturated carbocycles. The van der Waals surface area contributed by atoms with Crippen LogP contribution in [0.15, 0.2) is 42.5 Å². The molecule has 0 radical (unpaired) electrons. The van der Waals surface area contributed by atoms with Gasteiger partial charge in [0, 0.05) is 27.1 Å². The van der Waals surface area contributed by atoms with E-state index >= 15 is 0 Å². The second kappa shape index (κ2) is 14.3. The Labute approximate surface area is 210 Å². The van der Waals surface area contributed by atoms with E-state index in [1.165, 1.54) is 0 Å². The maximum Gasteiger partial charge on any atom is 0.417 e. The van der Waals surface area contributed by atoms with Crippen molar-refractivity contribution < 1.29 is 43.3 Å². The smallest absolute Gasteiger partial charge is 0.417 e. The molecule has 4 atom stereocenters. The zero-order chi connectivity index (χ0) is 26.7. The number of ketones is 2. The average Bonchev–Trinajstić information content (AvgIpc) is 3.16. The molecule has 1 saturated heterocycles. The molecule has 2 rings (SSSR count). The summed E-state index contributed by atoms with van der Waals surface area (Å²) in [6, 6.07) is 8.15. The number of methoxy groups -OCH3 is 1. The van der Waals surface area contributed by atoms with Crippen molar-refractivity contribution in [2.45, 2.75) is 70.3 Å². The summed E-state index contributed by atoms with van der Waals surface area (Å²) in [5, 5.41) is 8.79. The van der Waals surface area contributed by atoms with Crippen molar-refractivity contribution in [3.63, 3.8) is 0 Å². The number of nitrogens with zero attached hydrogens (tertiary/aromatic N) is 1. The molecule has 10 nitrogen and oxygen atoms in total. The first-order chi connectivity index (χ1) is 17.2. The minimum Gasteiger partial charge on any atom is -0.451 e. The van der Waals surface area contributed by atoms with Crippen molar-refractivity contribution in [2.75, 3.05) is 13.7 Å². The zero-order valence-corrected chi connectivity index (χ0v) is 20.8. The first-order valence-corrected chi connectivity index (χ1v) is 11.9. The lowest BCUT2D eigenvalue weighted by Crippen LogP contribution is -2.52. The Balaban J connectivity index is 2.14. The van der Waals surface area contributed by atoms with Gasteiger partial charge < -0.3 is 19.3 Å². The Bertz CT molecular complexity index is 959. The van der Waals surface area contributed by atoms with Crippen LogP contribution in [-0.2, 0) is 33.4 Å². The minimum absolute atomic E-state index is 0.0973. The predicted octanol–water partition coefficient (Wildman–Crippen LogP) is 2.68. The Morgan fingerprint density at radius 1 is 1.06 bits per heavy atom. The van der Waals surface area contributed by atoms with Crippen LogP contribution in [0.25, 0.3) is 0 Å². The minimum atomic E-state index is -1.70. The van der Waals surface area contributed by atoms with Gasteiger partial charge in [0.2, 0.25) is 0 Å². The molecule has 1 N–H and O–H groups in total. The number of hydrogen-bond acceptors (Lipinski definition) is 9. The molecule has 1 aliphatic heterocycles. The Morgan fingerprint density at radius 2 is 1.72 bits per heavy atom. The first kappa shape index (κ1) is 28.9. The second-order valence-corrected chi connectivity index (χ2v) is 8.44. The van der Waals surface area contributed by atoms with E-state index in [9.17, 15) is 24.0 Å². The normalized spacial score (nSPS) is 19.1. The van der Waals surface area contributed by atoms with Crippen molar-refractivity contribution in [3.05, 3.63) is 48.0 Å². The van der Waals surface area contributed by atoms with Crippen LogP contribution in [-0.4, -0.2) is 71.5 Å². The van der Waals surface area contributed by atoms with Crippen molar-refractivity contribution in [3.8, 4) is 0 Å². The number of cyclic esters (lactones) is 1. The molecule has 1 aromatic carbocycles. The van der Waals surface area contributed by atoms with Gasteiger partial charge in [-0.3, -0.25) is 19.2 Å². The van der Waals surface area contributed by atoms with E-state index in [1.54, 1.807) is 37.3 Å². The Kier molecular flexibility index (Phi) is 11.4. The molecule has 1 fully saturated rings. The third-order valence-electron chi connectivity index (χ3n) is 5.75. The number of ether oxygens (including phenoxy) is 3. The van der Waals surface area contributed by atoms with Crippen LogP contribution in [0, 0.1) is 0 Å². The van der Waals surface area contributed by atoms with Gasteiger partial charge in [-0.05, 0) is 37.5 Å². The molecular formula is C26H33NO9. The molecule has 196 valence electrons. The van der Waals surface area contributed by atoms with Gasteiger partial charge in [-0.1, -0.05) is 43.2 Å². The molecule has 10 heteroatoms. The first-order valence-electron chi connectivity index (χ1n) is 11.9. The lowest BCUT2D eigenvalue weighted by atomic mass is 10.0. The Morgan fingerprint density at radius 3 is 2.33 bits per heavy atom. The maximum absolute atomic E-state index is 13.3. The van der Waals surface area contributed by atoms with Gasteiger partial charge in [-0.2, -0.15) is 0 Å². The fraction of sp³-hybridized carbons (Fsp3) is 0.500. The van der Waals surface area contributed by atoms with Crippen molar-refractivity contribution in [1.82, 2.24) is 4.90 Å². The monoisotopic (exact) mass is 503 g/mol. The highest BCUT2D eigenvalue weighted by atomic mass is 16.6. The van der Waals surface area contributed by atoms with Crippen LogP contribution in [0.3, 0.4) is 0 Å². The maximum atomic E-state index is 13.3. The summed E-state index contributed by atoms with van der Waals surface area (Å²) in [4.78, 5) is 63.4. The van der Waals surface area contributed by atoms with E-state index in [-0.39, 0.29) is 18.8 Å². The number of carbonyl (C=O) groups is 5. The number of benzene rings is 1. The Hall–Kier alpha value is -3.37. The summed E-state index contributed by atoms with van der Waals surface area (Å²) in [5.74, 6) is -2.89. The largest absolute Gasteiger partial charge is 0.451 e. The van der Waals surface area contributed by atoms with Crippen molar-refractivity contribution >= 4 is 29.5 Å². The van der Waals surface area contributed by atoms with Crippen LogP contribution in [0.5, 0.6) is 0 Å². The number of aliphatic hydroxyl groups is 1. The molecule has 4 unspecified atom stereocenters. The van der Waals surface area contributed by atoms with Crippen LogP contribution >= 0.6 is 0 Å². The number of carbonyl (C=O) groups excluding carboxylic acids is 5. The third kappa shape index (κ3) is 7.82. The van der Waals surface area contributed by atoms with E-state index in [2.05, 4.69) is 0 Å². The van der Waals surface area contributed by atoms with Gasteiger partial charge in [0.25, 0.3) is 5.91 Å². The number of amides is 2. The van der Waals surface area contributed by atoms with Gasteiger partial charge in [-0.25, -0.2) is 9.69 Å². The molecule has 0 spiro atoms. The molecule has 0 aromatic heterocycles. The highest BCUT2D eigenvalue weighted by Gasteiger charge is 2.48. The van der Waals surface area contributed by atoms with E-state index in [1.807, 2.05) is 0 Å². The predicted molar refractivity (Wildman–Crippen MR) is 128 cm³/mol. The number of aliphatic hydroxyl groups excluding tert-OH is 1. The lowest BCUT2D eigenvalue weighted by molar-refractivity contribution is -0.166. The van der Waals surface area contributed by atoms with Gasteiger partial charge in [0.15, 0.2) is 23.8 Å². The quantitative estimate of drug-likeness (QED) is 0.231. The highest BCUT2D eigenvalue weighted by molar-refractivity contribution is 6.05. The van der Waals surface area contributed by atoms with Crippen molar-refractivity contribution in [2.24, 2.45) is 0 Å². The summed E-state index contributed by atoms with van der Waals surface area (Å²) in [5.41, 5.74) is 0.688. The van der Waals surface area contributed by atoms with Crippen LogP contribution in [0.4, 0.5) is 4.79 Å². The SMILES string of the molecule is COC(C(=O)N1C(=O)OC(c2ccccc2)C1C)C(OC(C)=O)C(=O)C=CC(=O)CCCCCCO. The van der Waals surface area contributed by atoms with E-state index in [0.29, 0.717) is 18.4 Å². The summed E-state index contributed by atoms with van der Waals surface area (Å²) < 4.78 is 15.7. The average molecular weight is 504 g/mol. The summed E-state index contributed by atoms with van der Waals surface area (Å²) in [6.07, 6.45) is 0.0607. The molecule has 1 aliphatic rings.